The standard InChI is InChI=1S/C31H48/c1-28(2,3)24-19-14-13-17-23(24)18-15-16-22-20-25(29(4,5)6)27(31(10,11)12)26(21-22)30(7,8)9/h13-14,17,19-21H,15-16,18H2,1-12H3. The summed E-state index contributed by atoms with van der Waals surface area (Å²) in [5.74, 6) is 0. The highest BCUT2D eigenvalue weighted by atomic mass is 14.4. The van der Waals surface area contributed by atoms with Gasteiger partial charge in [0.15, 0.2) is 0 Å². The second-order valence-corrected chi connectivity index (χ2v) is 13.6. The lowest BCUT2D eigenvalue weighted by atomic mass is 9.68. The second-order valence-electron chi connectivity index (χ2n) is 13.6. The Balaban J connectivity index is 2.43. The number of rotatable bonds is 4. The fourth-order valence-electron chi connectivity index (χ4n) is 4.79. The molecule has 0 atom stereocenters. The molecule has 0 unspecified atom stereocenters. The maximum atomic E-state index is 2.52. The lowest BCUT2D eigenvalue weighted by molar-refractivity contribution is 0.496. The van der Waals surface area contributed by atoms with Crippen molar-refractivity contribution >= 4 is 0 Å². The Labute approximate surface area is 193 Å². The van der Waals surface area contributed by atoms with Gasteiger partial charge in [-0.1, -0.05) is 119 Å². The maximum Gasteiger partial charge on any atom is -0.0126 e. The lowest BCUT2D eigenvalue weighted by Crippen LogP contribution is -2.28. The van der Waals surface area contributed by atoms with Gasteiger partial charge in [-0.05, 0) is 74.3 Å². The van der Waals surface area contributed by atoms with Crippen molar-refractivity contribution in [1.82, 2.24) is 0 Å². The molecule has 0 aliphatic rings. The summed E-state index contributed by atoms with van der Waals surface area (Å²) >= 11 is 0. The lowest BCUT2D eigenvalue weighted by Gasteiger charge is -2.37. The van der Waals surface area contributed by atoms with E-state index in [1.165, 1.54) is 34.2 Å². The van der Waals surface area contributed by atoms with E-state index in [-0.39, 0.29) is 21.7 Å². The normalized spacial score (nSPS) is 13.5. The summed E-state index contributed by atoms with van der Waals surface area (Å²) < 4.78 is 0. The zero-order valence-corrected chi connectivity index (χ0v) is 22.6. The van der Waals surface area contributed by atoms with Gasteiger partial charge in [0.2, 0.25) is 0 Å². The predicted molar refractivity (Wildman–Crippen MR) is 140 cm³/mol. The molecule has 2 aromatic carbocycles. The molecule has 0 bridgehead atoms. The Morgan fingerprint density at radius 3 is 1.39 bits per heavy atom. The molecular formula is C31H48. The van der Waals surface area contributed by atoms with Crippen molar-refractivity contribution in [3.63, 3.8) is 0 Å². The first kappa shape index (κ1) is 25.7. The van der Waals surface area contributed by atoms with Crippen molar-refractivity contribution in [2.45, 2.75) is 124 Å². The van der Waals surface area contributed by atoms with E-state index < -0.39 is 0 Å². The summed E-state index contributed by atoms with van der Waals surface area (Å²) in [6.45, 7) is 28.3. The molecule has 0 fully saturated rings. The van der Waals surface area contributed by atoms with Crippen LogP contribution in [0.4, 0.5) is 0 Å². The molecule has 0 aromatic heterocycles. The predicted octanol–water partition coefficient (Wildman–Crippen LogP) is 9.05. The molecule has 0 radical (unpaired) electrons. The first-order valence-electron chi connectivity index (χ1n) is 12.2. The molecule has 0 aliphatic carbocycles. The highest BCUT2D eigenvalue weighted by Crippen LogP contribution is 2.41. The number of hydrogen-bond acceptors (Lipinski definition) is 0. The van der Waals surface area contributed by atoms with Crippen LogP contribution in [0.1, 0.15) is 123 Å². The van der Waals surface area contributed by atoms with Gasteiger partial charge in [0.05, 0.1) is 0 Å². The third-order valence-electron chi connectivity index (χ3n) is 6.30. The monoisotopic (exact) mass is 420 g/mol. The molecule has 0 amide bonds. The molecular weight excluding hydrogens is 372 g/mol. The third-order valence-corrected chi connectivity index (χ3v) is 6.30. The molecule has 0 nitrogen and oxygen atoms in total. The Bertz CT molecular complexity index is 848. The van der Waals surface area contributed by atoms with E-state index in [1.54, 1.807) is 5.56 Å². The topological polar surface area (TPSA) is 0 Å². The van der Waals surface area contributed by atoms with Crippen LogP contribution in [-0.2, 0) is 34.5 Å². The summed E-state index contributed by atoms with van der Waals surface area (Å²) in [6.07, 6.45) is 3.47. The average Bonchev–Trinajstić information content (AvgIpc) is 2.58. The van der Waals surface area contributed by atoms with Gasteiger partial charge in [0.25, 0.3) is 0 Å². The van der Waals surface area contributed by atoms with Crippen molar-refractivity contribution in [2.75, 3.05) is 0 Å². The quantitative estimate of drug-likeness (QED) is 0.462. The molecule has 0 spiro atoms. The van der Waals surface area contributed by atoms with E-state index >= 15 is 0 Å². The van der Waals surface area contributed by atoms with E-state index in [2.05, 4.69) is 119 Å². The minimum Gasteiger partial charge on any atom is -0.0620 e. The average molecular weight is 421 g/mol. The van der Waals surface area contributed by atoms with E-state index in [1.807, 2.05) is 0 Å². The van der Waals surface area contributed by atoms with Crippen LogP contribution < -0.4 is 0 Å². The van der Waals surface area contributed by atoms with Crippen molar-refractivity contribution in [1.29, 1.82) is 0 Å². The molecule has 0 aliphatic heterocycles. The highest BCUT2D eigenvalue weighted by molar-refractivity contribution is 5.49. The highest BCUT2D eigenvalue weighted by Gasteiger charge is 2.32. The van der Waals surface area contributed by atoms with Gasteiger partial charge in [0.1, 0.15) is 0 Å². The van der Waals surface area contributed by atoms with Gasteiger partial charge < -0.3 is 0 Å². The zero-order valence-electron chi connectivity index (χ0n) is 22.6. The molecule has 0 heteroatoms. The van der Waals surface area contributed by atoms with Crippen molar-refractivity contribution in [2.24, 2.45) is 0 Å². The molecule has 2 rings (SSSR count). The minimum atomic E-state index is 0.134. The number of benzene rings is 2. The smallest absolute Gasteiger partial charge is 0.0126 e. The molecule has 2 aromatic rings. The maximum absolute atomic E-state index is 2.52. The zero-order chi connectivity index (χ0) is 23.8. The van der Waals surface area contributed by atoms with Gasteiger partial charge in [-0.2, -0.15) is 0 Å². The van der Waals surface area contributed by atoms with E-state index in [9.17, 15) is 0 Å². The van der Waals surface area contributed by atoms with Crippen molar-refractivity contribution in [3.05, 3.63) is 69.8 Å². The van der Waals surface area contributed by atoms with Crippen molar-refractivity contribution in [3.8, 4) is 0 Å². The van der Waals surface area contributed by atoms with E-state index in [0.717, 1.165) is 12.8 Å². The first-order chi connectivity index (χ1) is 13.9. The van der Waals surface area contributed by atoms with Gasteiger partial charge in [-0.3, -0.25) is 0 Å². The Morgan fingerprint density at radius 1 is 0.516 bits per heavy atom. The summed E-state index contributed by atoms with van der Waals surface area (Å²) in [5.41, 5.74) is 9.70. The van der Waals surface area contributed by atoms with E-state index in [0.29, 0.717) is 0 Å². The van der Waals surface area contributed by atoms with Crippen LogP contribution in [0.25, 0.3) is 0 Å². The van der Waals surface area contributed by atoms with Crippen LogP contribution in [0.3, 0.4) is 0 Å². The fourth-order valence-corrected chi connectivity index (χ4v) is 4.79. The third kappa shape index (κ3) is 6.47. The minimum absolute atomic E-state index is 0.134. The summed E-state index contributed by atoms with van der Waals surface area (Å²) in [4.78, 5) is 0. The van der Waals surface area contributed by atoms with Gasteiger partial charge in [0, 0.05) is 0 Å². The van der Waals surface area contributed by atoms with Crippen LogP contribution in [0.5, 0.6) is 0 Å². The number of aryl methyl sites for hydroxylation is 2. The summed E-state index contributed by atoms with van der Waals surface area (Å²) in [5, 5.41) is 0. The van der Waals surface area contributed by atoms with Gasteiger partial charge >= 0.3 is 0 Å². The van der Waals surface area contributed by atoms with Crippen LogP contribution in [0.15, 0.2) is 36.4 Å². The SMILES string of the molecule is CC(C)(C)c1ccccc1CCCc1cc(C(C)(C)C)c(C(C)(C)C)c(C(C)(C)C)c1. The largest absolute Gasteiger partial charge is 0.0620 e. The van der Waals surface area contributed by atoms with Crippen LogP contribution in [0, 0.1) is 0 Å². The second kappa shape index (κ2) is 8.76. The Hall–Kier alpha value is -1.56. The summed E-state index contributed by atoms with van der Waals surface area (Å²) in [7, 11) is 0. The molecule has 0 saturated heterocycles. The molecule has 0 N–H and O–H groups in total. The Morgan fingerprint density at radius 2 is 0.968 bits per heavy atom. The Kier molecular flexibility index (Phi) is 7.26. The fraction of sp³-hybridized carbons (Fsp3) is 0.613. The van der Waals surface area contributed by atoms with Gasteiger partial charge in [-0.15, -0.1) is 0 Å². The van der Waals surface area contributed by atoms with Crippen LogP contribution in [0.2, 0.25) is 0 Å². The van der Waals surface area contributed by atoms with Gasteiger partial charge in [-0.25, -0.2) is 0 Å². The molecule has 172 valence electrons. The molecule has 31 heavy (non-hydrogen) atoms. The molecule has 0 saturated carbocycles. The number of hydrogen-bond donors (Lipinski definition) is 0. The van der Waals surface area contributed by atoms with Crippen LogP contribution >= 0.6 is 0 Å². The van der Waals surface area contributed by atoms with E-state index in [4.69, 9.17) is 0 Å². The first-order valence-corrected chi connectivity index (χ1v) is 12.2. The van der Waals surface area contributed by atoms with Crippen molar-refractivity contribution < 1.29 is 0 Å². The van der Waals surface area contributed by atoms with Crippen LogP contribution in [-0.4, -0.2) is 0 Å². The summed E-state index contributed by atoms with van der Waals surface area (Å²) in [6, 6.07) is 14.0. The molecule has 0 heterocycles.